The first kappa shape index (κ1) is 11.8. The van der Waals surface area contributed by atoms with E-state index in [1.165, 1.54) is 15.7 Å². The third-order valence-corrected chi connectivity index (χ3v) is 4.23. The molecule has 7 heteroatoms. The maximum absolute atomic E-state index is 11.8. The van der Waals surface area contributed by atoms with Crippen LogP contribution in [0.3, 0.4) is 0 Å². The van der Waals surface area contributed by atoms with Crippen molar-refractivity contribution in [3.63, 3.8) is 0 Å². The van der Waals surface area contributed by atoms with Crippen LogP contribution in [0.25, 0.3) is 0 Å². The fraction of sp³-hybridized carbons (Fsp3) is 0.857. The van der Waals surface area contributed by atoms with E-state index in [1.807, 2.05) is 0 Å². The summed E-state index contributed by atoms with van der Waals surface area (Å²) < 4.78 is 26.3. The van der Waals surface area contributed by atoms with Crippen molar-refractivity contribution < 1.29 is 8.42 Å². The molecule has 0 aromatic rings. The van der Waals surface area contributed by atoms with Crippen molar-refractivity contribution in [2.75, 3.05) is 26.7 Å². The van der Waals surface area contributed by atoms with Gasteiger partial charge in [0, 0.05) is 20.1 Å². The summed E-state index contributed by atoms with van der Waals surface area (Å²) in [6.45, 7) is 1.31. The molecule has 0 aromatic heterocycles. The number of nitrogens with zero attached hydrogens (tertiary/aromatic N) is 2. The lowest BCUT2D eigenvalue weighted by Crippen LogP contribution is -2.43. The van der Waals surface area contributed by atoms with Crippen molar-refractivity contribution in [1.82, 2.24) is 8.61 Å². The van der Waals surface area contributed by atoms with Gasteiger partial charge in [0.25, 0.3) is 10.2 Å². The maximum Gasteiger partial charge on any atom is 0.282 e. The molecule has 0 aliphatic carbocycles. The van der Waals surface area contributed by atoms with E-state index in [-0.39, 0.29) is 11.5 Å². The quantitative estimate of drug-likeness (QED) is 0.672. The molecule has 0 unspecified atom stereocenters. The van der Waals surface area contributed by atoms with Gasteiger partial charge in [0.2, 0.25) is 0 Å². The molecule has 0 spiro atoms. The van der Waals surface area contributed by atoms with E-state index in [2.05, 4.69) is 12.2 Å². The monoisotopic (exact) mass is 237 g/mol. The van der Waals surface area contributed by atoms with Crippen LogP contribution >= 0.6 is 12.2 Å². The average Bonchev–Trinajstić information content (AvgIpc) is 2.54. The highest BCUT2D eigenvalue weighted by molar-refractivity contribution is 7.86. The van der Waals surface area contributed by atoms with Crippen molar-refractivity contribution in [2.45, 2.75) is 12.8 Å². The molecule has 1 saturated heterocycles. The lowest BCUT2D eigenvalue weighted by molar-refractivity contribution is 0.413. The minimum Gasteiger partial charge on any atom is -0.392 e. The summed E-state index contributed by atoms with van der Waals surface area (Å²) in [6, 6.07) is 0. The van der Waals surface area contributed by atoms with Gasteiger partial charge < -0.3 is 5.73 Å². The van der Waals surface area contributed by atoms with Gasteiger partial charge in [0.15, 0.2) is 0 Å². The summed E-state index contributed by atoms with van der Waals surface area (Å²) in [4.78, 5) is 0.190. The predicted molar refractivity (Wildman–Crippen MR) is 59.1 cm³/mol. The minimum atomic E-state index is -3.33. The molecule has 0 atom stereocenters. The SMILES string of the molecule is CN(CC(N)=S)S(=O)(=O)N1CCCC1. The molecule has 0 saturated carbocycles. The van der Waals surface area contributed by atoms with Gasteiger partial charge >= 0.3 is 0 Å². The standard InChI is InChI=1S/C7H15N3O2S2/c1-9(6-7(8)13)14(11,12)10-4-2-3-5-10/h2-6H2,1H3,(H2,8,13). The van der Waals surface area contributed by atoms with E-state index in [9.17, 15) is 8.42 Å². The molecule has 14 heavy (non-hydrogen) atoms. The molecule has 82 valence electrons. The molecule has 2 N–H and O–H groups in total. The zero-order valence-electron chi connectivity index (χ0n) is 8.14. The van der Waals surface area contributed by atoms with Crippen LogP contribution in [0, 0.1) is 0 Å². The number of hydrogen-bond donors (Lipinski definition) is 1. The molecule has 0 radical (unpaired) electrons. The van der Waals surface area contributed by atoms with Crippen molar-refractivity contribution in [1.29, 1.82) is 0 Å². The van der Waals surface area contributed by atoms with Crippen LogP contribution in [0.1, 0.15) is 12.8 Å². The molecule has 1 aliphatic rings. The van der Waals surface area contributed by atoms with Crippen molar-refractivity contribution in [2.24, 2.45) is 5.73 Å². The van der Waals surface area contributed by atoms with Gasteiger partial charge in [0.1, 0.15) is 0 Å². The lowest BCUT2D eigenvalue weighted by atomic mass is 10.4. The number of rotatable bonds is 4. The fourth-order valence-corrected chi connectivity index (χ4v) is 3.11. The van der Waals surface area contributed by atoms with E-state index in [0.717, 1.165) is 12.8 Å². The minimum absolute atomic E-state index is 0.105. The van der Waals surface area contributed by atoms with E-state index < -0.39 is 10.2 Å². The molecule has 0 aromatic carbocycles. The van der Waals surface area contributed by atoms with Gasteiger partial charge in [-0.1, -0.05) is 12.2 Å². The number of thiocarbonyl (C=S) groups is 1. The third kappa shape index (κ3) is 2.63. The Balaban J connectivity index is 2.68. The Morgan fingerprint density at radius 1 is 1.50 bits per heavy atom. The molecule has 1 heterocycles. The van der Waals surface area contributed by atoms with Crippen LogP contribution in [-0.4, -0.2) is 48.7 Å². The largest absolute Gasteiger partial charge is 0.392 e. The van der Waals surface area contributed by atoms with Gasteiger partial charge in [-0.3, -0.25) is 0 Å². The van der Waals surface area contributed by atoms with Crippen molar-refractivity contribution in [3.8, 4) is 0 Å². The number of nitrogens with two attached hydrogens (primary N) is 1. The zero-order chi connectivity index (χ0) is 10.8. The van der Waals surface area contributed by atoms with Gasteiger partial charge in [-0.15, -0.1) is 0 Å². The highest BCUT2D eigenvalue weighted by Gasteiger charge is 2.29. The van der Waals surface area contributed by atoms with Crippen molar-refractivity contribution in [3.05, 3.63) is 0 Å². The summed E-state index contributed by atoms with van der Waals surface area (Å²) in [5, 5.41) is 0. The van der Waals surface area contributed by atoms with Crippen LogP contribution in [0.2, 0.25) is 0 Å². The van der Waals surface area contributed by atoms with E-state index in [4.69, 9.17) is 5.73 Å². The number of hydrogen-bond acceptors (Lipinski definition) is 3. The molecule has 0 amide bonds. The topological polar surface area (TPSA) is 66.6 Å². The fourth-order valence-electron chi connectivity index (χ4n) is 1.42. The lowest BCUT2D eigenvalue weighted by Gasteiger charge is -2.23. The smallest absolute Gasteiger partial charge is 0.282 e. The zero-order valence-corrected chi connectivity index (χ0v) is 9.77. The first-order chi connectivity index (χ1) is 6.44. The van der Waals surface area contributed by atoms with Crippen LogP contribution < -0.4 is 5.73 Å². The first-order valence-electron chi connectivity index (χ1n) is 4.44. The maximum atomic E-state index is 11.8. The van der Waals surface area contributed by atoms with Gasteiger partial charge in [-0.2, -0.15) is 17.0 Å². The van der Waals surface area contributed by atoms with Crippen LogP contribution in [-0.2, 0) is 10.2 Å². The molecule has 1 fully saturated rings. The Bertz CT molecular complexity index is 309. The second-order valence-corrected chi connectivity index (χ2v) is 5.90. The molecule has 0 bridgehead atoms. The Morgan fingerprint density at radius 2 is 2.00 bits per heavy atom. The summed E-state index contributed by atoms with van der Waals surface area (Å²) >= 11 is 4.67. The highest BCUT2D eigenvalue weighted by Crippen LogP contribution is 2.14. The van der Waals surface area contributed by atoms with Gasteiger partial charge in [-0.05, 0) is 12.8 Å². The van der Waals surface area contributed by atoms with Crippen LogP contribution in [0.4, 0.5) is 0 Å². The Hall–Kier alpha value is -0.240. The van der Waals surface area contributed by atoms with Crippen LogP contribution in [0.15, 0.2) is 0 Å². The molecular formula is C7H15N3O2S2. The van der Waals surface area contributed by atoms with Gasteiger partial charge in [-0.25, -0.2) is 0 Å². The first-order valence-corrected chi connectivity index (χ1v) is 6.25. The van der Waals surface area contributed by atoms with Gasteiger partial charge in [0.05, 0.1) is 11.5 Å². The predicted octanol–water partition coefficient (Wildman–Crippen LogP) is -0.455. The highest BCUT2D eigenvalue weighted by atomic mass is 32.2. The second-order valence-electron chi connectivity index (χ2n) is 3.34. The summed E-state index contributed by atoms with van der Waals surface area (Å²) in [5.41, 5.74) is 5.30. The van der Waals surface area contributed by atoms with E-state index >= 15 is 0 Å². The Morgan fingerprint density at radius 3 is 2.43 bits per heavy atom. The summed E-state index contributed by atoms with van der Waals surface area (Å²) in [5.74, 6) is 0. The molecular weight excluding hydrogens is 222 g/mol. The molecule has 1 rings (SSSR count). The third-order valence-electron chi connectivity index (χ3n) is 2.16. The summed E-state index contributed by atoms with van der Waals surface area (Å²) in [7, 11) is -1.84. The molecule has 1 aliphatic heterocycles. The number of likely N-dealkylation sites (N-methyl/N-ethyl adjacent to an activating group) is 1. The normalized spacial score (nSPS) is 19.0. The van der Waals surface area contributed by atoms with E-state index in [0.29, 0.717) is 13.1 Å². The second kappa shape index (κ2) is 4.52. The summed E-state index contributed by atoms with van der Waals surface area (Å²) in [6.07, 6.45) is 1.86. The Kier molecular flexibility index (Phi) is 3.82. The van der Waals surface area contributed by atoms with E-state index in [1.54, 1.807) is 0 Å². The van der Waals surface area contributed by atoms with Crippen molar-refractivity contribution >= 4 is 27.4 Å². The van der Waals surface area contributed by atoms with Crippen LogP contribution in [0.5, 0.6) is 0 Å². The molecule has 5 nitrogen and oxygen atoms in total. The Labute approximate surface area is 90.0 Å². The average molecular weight is 237 g/mol.